The van der Waals surface area contributed by atoms with Crippen molar-refractivity contribution in [3.8, 4) is 34.2 Å². The van der Waals surface area contributed by atoms with Crippen molar-refractivity contribution in [2.75, 3.05) is 33.2 Å². The highest BCUT2D eigenvalue weighted by atomic mass is 32.1. The fourth-order valence-corrected chi connectivity index (χ4v) is 4.57. The first-order chi connectivity index (χ1) is 18.3. The second kappa shape index (κ2) is 11.8. The lowest BCUT2D eigenvalue weighted by Gasteiger charge is -2.25. The molecule has 0 unspecified atom stereocenters. The maximum Gasteiger partial charge on any atom is 0.264 e. The summed E-state index contributed by atoms with van der Waals surface area (Å²) < 4.78 is 17.9. The molecule has 198 valence electrons. The third-order valence-corrected chi connectivity index (χ3v) is 6.78. The fraction of sp³-hybridized carbons (Fsp3) is 0.250. The van der Waals surface area contributed by atoms with Crippen LogP contribution < -0.4 is 19.5 Å². The van der Waals surface area contributed by atoms with Gasteiger partial charge in [-0.15, -0.1) is 11.3 Å². The Kier molecular flexibility index (Phi) is 8.32. The SMILES string of the molecule is COc1ccc(-c2cn(-c3ccc(OC)c(OC)c3)c(NC(=O)CN(C(=O)c3cccs3)C(C)C)n2)cc1. The first kappa shape index (κ1) is 26.7. The van der Waals surface area contributed by atoms with Crippen molar-refractivity contribution < 1.29 is 23.8 Å². The molecule has 38 heavy (non-hydrogen) atoms. The van der Waals surface area contributed by atoms with E-state index in [1.165, 1.54) is 16.2 Å². The Morgan fingerprint density at radius 3 is 2.34 bits per heavy atom. The van der Waals surface area contributed by atoms with Gasteiger partial charge in [-0.05, 0) is 61.7 Å². The summed E-state index contributed by atoms with van der Waals surface area (Å²) in [6, 6.07) is 16.3. The van der Waals surface area contributed by atoms with Crippen LogP contribution in [0, 0.1) is 0 Å². The molecule has 0 fully saturated rings. The van der Waals surface area contributed by atoms with Crippen LogP contribution in [-0.2, 0) is 4.79 Å². The number of nitrogens with one attached hydrogen (secondary N) is 1. The molecule has 0 radical (unpaired) electrons. The minimum absolute atomic E-state index is 0.120. The average molecular weight is 535 g/mol. The molecule has 0 saturated carbocycles. The number of benzene rings is 2. The molecular formula is C28H30N4O5S. The standard InChI is InChI=1S/C28H30N4O5S/c1-18(2)31(27(34)25-7-6-14-38-25)17-26(33)30-28-29-22(19-8-11-21(35-3)12-9-19)16-32(28)20-10-13-23(36-4)24(15-20)37-5/h6-16,18H,17H2,1-5H3,(H,29,30,33). The number of hydrogen-bond acceptors (Lipinski definition) is 7. The number of aromatic nitrogens is 2. The summed E-state index contributed by atoms with van der Waals surface area (Å²) in [5, 5.41) is 4.74. The van der Waals surface area contributed by atoms with Crippen LogP contribution in [0.15, 0.2) is 66.2 Å². The van der Waals surface area contributed by atoms with Crippen molar-refractivity contribution in [3.63, 3.8) is 0 Å². The number of rotatable bonds is 10. The fourth-order valence-electron chi connectivity index (χ4n) is 3.89. The predicted octanol–water partition coefficient (Wildman–Crippen LogP) is 5.12. The molecule has 2 aromatic carbocycles. The summed E-state index contributed by atoms with van der Waals surface area (Å²) in [6.45, 7) is 3.64. The highest BCUT2D eigenvalue weighted by molar-refractivity contribution is 7.12. The average Bonchev–Trinajstić information content (AvgIpc) is 3.62. The van der Waals surface area contributed by atoms with Gasteiger partial charge in [-0.25, -0.2) is 4.98 Å². The van der Waals surface area contributed by atoms with E-state index in [4.69, 9.17) is 19.2 Å². The zero-order chi connectivity index (χ0) is 27.2. The Hall–Kier alpha value is -4.31. The molecule has 9 nitrogen and oxygen atoms in total. The first-order valence-corrected chi connectivity index (χ1v) is 12.8. The van der Waals surface area contributed by atoms with Gasteiger partial charge in [0.05, 0.1) is 37.6 Å². The van der Waals surface area contributed by atoms with Crippen molar-refractivity contribution in [1.29, 1.82) is 0 Å². The molecule has 10 heteroatoms. The molecule has 4 rings (SSSR count). The van der Waals surface area contributed by atoms with Crippen molar-refractivity contribution in [2.24, 2.45) is 0 Å². The minimum atomic E-state index is -0.364. The van der Waals surface area contributed by atoms with Gasteiger partial charge in [-0.2, -0.15) is 0 Å². The number of anilines is 1. The van der Waals surface area contributed by atoms with E-state index in [0.29, 0.717) is 33.7 Å². The van der Waals surface area contributed by atoms with E-state index in [9.17, 15) is 9.59 Å². The van der Waals surface area contributed by atoms with E-state index in [-0.39, 0.29) is 24.4 Å². The minimum Gasteiger partial charge on any atom is -0.497 e. The van der Waals surface area contributed by atoms with Crippen LogP contribution in [0.3, 0.4) is 0 Å². The van der Waals surface area contributed by atoms with Crippen LogP contribution in [-0.4, -0.2) is 60.2 Å². The van der Waals surface area contributed by atoms with E-state index >= 15 is 0 Å². The van der Waals surface area contributed by atoms with E-state index in [2.05, 4.69) is 5.32 Å². The predicted molar refractivity (Wildman–Crippen MR) is 148 cm³/mol. The molecule has 0 atom stereocenters. The van der Waals surface area contributed by atoms with E-state index in [0.717, 1.165) is 11.3 Å². The Balaban J connectivity index is 1.67. The van der Waals surface area contributed by atoms with E-state index in [1.807, 2.05) is 61.8 Å². The number of methoxy groups -OCH3 is 3. The van der Waals surface area contributed by atoms with Crippen LogP contribution in [0.25, 0.3) is 16.9 Å². The maximum atomic E-state index is 13.2. The maximum absolute atomic E-state index is 13.2. The van der Waals surface area contributed by atoms with Gasteiger partial charge in [0.1, 0.15) is 12.3 Å². The van der Waals surface area contributed by atoms with Crippen LogP contribution >= 0.6 is 11.3 Å². The molecule has 2 aromatic heterocycles. The van der Waals surface area contributed by atoms with Gasteiger partial charge < -0.3 is 19.1 Å². The molecule has 0 bridgehead atoms. The second-order valence-electron chi connectivity index (χ2n) is 8.64. The second-order valence-corrected chi connectivity index (χ2v) is 9.59. The van der Waals surface area contributed by atoms with Crippen LogP contribution in [0.2, 0.25) is 0 Å². The van der Waals surface area contributed by atoms with Gasteiger partial charge in [-0.1, -0.05) is 6.07 Å². The summed E-state index contributed by atoms with van der Waals surface area (Å²) in [6.07, 6.45) is 1.83. The molecular weight excluding hydrogens is 504 g/mol. The normalized spacial score (nSPS) is 10.8. The zero-order valence-corrected chi connectivity index (χ0v) is 22.7. The van der Waals surface area contributed by atoms with Crippen molar-refractivity contribution in [3.05, 3.63) is 71.1 Å². The highest BCUT2D eigenvalue weighted by Crippen LogP contribution is 2.32. The van der Waals surface area contributed by atoms with Gasteiger partial charge >= 0.3 is 0 Å². The lowest BCUT2D eigenvalue weighted by Crippen LogP contribution is -2.42. The van der Waals surface area contributed by atoms with Gasteiger partial charge in [0.25, 0.3) is 5.91 Å². The Morgan fingerprint density at radius 1 is 1.00 bits per heavy atom. The molecule has 0 aliphatic carbocycles. The zero-order valence-electron chi connectivity index (χ0n) is 21.9. The number of thiophene rings is 1. The number of hydrogen-bond donors (Lipinski definition) is 1. The summed E-state index contributed by atoms with van der Waals surface area (Å²) in [7, 11) is 4.74. The van der Waals surface area contributed by atoms with Gasteiger partial charge in [-0.3, -0.25) is 19.5 Å². The summed E-state index contributed by atoms with van der Waals surface area (Å²) in [4.78, 5) is 33.1. The van der Waals surface area contributed by atoms with Crippen molar-refractivity contribution >= 4 is 29.1 Å². The number of ether oxygens (including phenoxy) is 3. The van der Waals surface area contributed by atoms with Crippen LogP contribution in [0.5, 0.6) is 17.2 Å². The molecule has 0 saturated heterocycles. The third-order valence-electron chi connectivity index (χ3n) is 5.92. The number of carbonyl (C=O) groups is 2. The Bertz CT molecular complexity index is 1400. The third kappa shape index (κ3) is 5.81. The largest absolute Gasteiger partial charge is 0.497 e. The number of amides is 2. The lowest BCUT2D eigenvalue weighted by molar-refractivity contribution is -0.117. The van der Waals surface area contributed by atoms with Crippen LogP contribution in [0.1, 0.15) is 23.5 Å². The highest BCUT2D eigenvalue weighted by Gasteiger charge is 2.24. The monoisotopic (exact) mass is 534 g/mol. The molecule has 0 spiro atoms. The first-order valence-electron chi connectivity index (χ1n) is 11.9. The number of imidazole rings is 1. The van der Waals surface area contributed by atoms with Crippen molar-refractivity contribution in [2.45, 2.75) is 19.9 Å². The number of carbonyl (C=O) groups excluding carboxylic acids is 2. The molecule has 1 N–H and O–H groups in total. The molecule has 2 amide bonds. The van der Waals surface area contributed by atoms with Crippen molar-refractivity contribution in [1.82, 2.24) is 14.5 Å². The topological polar surface area (TPSA) is 94.9 Å². The molecule has 2 heterocycles. The Labute approximate surface area is 225 Å². The molecule has 0 aliphatic heterocycles. The summed E-state index contributed by atoms with van der Waals surface area (Å²) in [5.41, 5.74) is 2.20. The van der Waals surface area contributed by atoms with E-state index in [1.54, 1.807) is 44.1 Å². The number of nitrogens with zero attached hydrogens (tertiary/aromatic N) is 3. The Morgan fingerprint density at radius 2 is 1.74 bits per heavy atom. The van der Waals surface area contributed by atoms with Gasteiger partial charge in [0.15, 0.2) is 11.5 Å². The lowest BCUT2D eigenvalue weighted by atomic mass is 10.1. The van der Waals surface area contributed by atoms with Gasteiger partial charge in [0, 0.05) is 23.9 Å². The molecule has 4 aromatic rings. The smallest absolute Gasteiger partial charge is 0.264 e. The summed E-state index contributed by atoms with van der Waals surface area (Å²) in [5.74, 6) is 1.60. The van der Waals surface area contributed by atoms with E-state index < -0.39 is 0 Å². The van der Waals surface area contributed by atoms with Gasteiger partial charge in [0.2, 0.25) is 11.9 Å². The quantitative estimate of drug-likeness (QED) is 0.304. The molecule has 0 aliphatic rings. The summed E-state index contributed by atoms with van der Waals surface area (Å²) >= 11 is 1.35. The van der Waals surface area contributed by atoms with Crippen LogP contribution in [0.4, 0.5) is 5.95 Å².